The summed E-state index contributed by atoms with van der Waals surface area (Å²) >= 11 is 5.84. The maximum Gasteiger partial charge on any atom is 0.223 e. The fraction of sp³-hybridized carbons (Fsp3) is 0.312. The van der Waals surface area contributed by atoms with Crippen LogP contribution >= 0.6 is 11.6 Å². The average molecular weight is 309 g/mol. The van der Waals surface area contributed by atoms with E-state index in [9.17, 15) is 4.39 Å². The molecule has 0 radical (unpaired) electrons. The molecule has 0 bridgehead atoms. The summed E-state index contributed by atoms with van der Waals surface area (Å²) in [6, 6.07) is 8.38. The van der Waals surface area contributed by atoms with Crippen molar-refractivity contribution in [1.29, 1.82) is 0 Å². The van der Waals surface area contributed by atoms with Gasteiger partial charge in [0.05, 0.1) is 6.20 Å². The molecular weight excluding hydrogens is 291 g/mol. The molecule has 2 aromatic rings. The maximum atomic E-state index is 13.4. The number of rotatable bonds is 4. The zero-order chi connectivity index (χ0) is 15.5. The van der Waals surface area contributed by atoms with Gasteiger partial charge in [0.25, 0.3) is 0 Å². The van der Waals surface area contributed by atoms with Gasteiger partial charge in [0, 0.05) is 22.7 Å². The Bertz CT molecular complexity index is 609. The summed E-state index contributed by atoms with van der Waals surface area (Å²) in [4.78, 5) is 4.03. The Morgan fingerprint density at radius 2 is 1.90 bits per heavy atom. The SMILES string of the molecule is CC(C)(C)NCc1cc(F)cnc1Oc1ccc(Cl)cc1. The fourth-order valence-electron chi connectivity index (χ4n) is 1.66. The number of halogens is 2. The molecule has 2 rings (SSSR count). The lowest BCUT2D eigenvalue weighted by Crippen LogP contribution is -2.35. The van der Waals surface area contributed by atoms with Crippen LogP contribution in [0.1, 0.15) is 26.3 Å². The van der Waals surface area contributed by atoms with Crippen molar-refractivity contribution in [2.75, 3.05) is 0 Å². The number of hydrogen-bond donors (Lipinski definition) is 1. The first-order valence-corrected chi connectivity index (χ1v) is 7.04. The van der Waals surface area contributed by atoms with Crippen molar-refractivity contribution in [2.24, 2.45) is 0 Å². The largest absolute Gasteiger partial charge is 0.439 e. The van der Waals surface area contributed by atoms with E-state index in [4.69, 9.17) is 16.3 Å². The first-order valence-electron chi connectivity index (χ1n) is 6.66. The van der Waals surface area contributed by atoms with Crippen LogP contribution in [-0.4, -0.2) is 10.5 Å². The van der Waals surface area contributed by atoms with Crippen LogP contribution in [0.4, 0.5) is 4.39 Å². The van der Waals surface area contributed by atoms with Gasteiger partial charge >= 0.3 is 0 Å². The monoisotopic (exact) mass is 308 g/mol. The number of hydrogen-bond acceptors (Lipinski definition) is 3. The van der Waals surface area contributed by atoms with Crippen LogP contribution in [0.2, 0.25) is 5.02 Å². The van der Waals surface area contributed by atoms with Crippen LogP contribution in [0.15, 0.2) is 36.5 Å². The normalized spacial score (nSPS) is 11.5. The number of aromatic nitrogens is 1. The average Bonchev–Trinajstić information content (AvgIpc) is 2.40. The van der Waals surface area contributed by atoms with Crippen LogP contribution in [0.5, 0.6) is 11.6 Å². The molecule has 0 fully saturated rings. The molecule has 0 amide bonds. The van der Waals surface area contributed by atoms with Gasteiger partial charge in [-0.25, -0.2) is 9.37 Å². The third-order valence-electron chi connectivity index (χ3n) is 2.73. The number of pyridine rings is 1. The molecule has 3 nitrogen and oxygen atoms in total. The molecule has 0 unspecified atom stereocenters. The van der Waals surface area contributed by atoms with E-state index in [1.807, 2.05) is 20.8 Å². The van der Waals surface area contributed by atoms with E-state index in [-0.39, 0.29) is 11.4 Å². The Morgan fingerprint density at radius 1 is 1.24 bits per heavy atom. The zero-order valence-corrected chi connectivity index (χ0v) is 13.0. The first-order chi connectivity index (χ1) is 9.83. The molecule has 0 aliphatic heterocycles. The molecule has 1 heterocycles. The Hall–Kier alpha value is -1.65. The van der Waals surface area contributed by atoms with E-state index in [1.165, 1.54) is 6.07 Å². The standard InChI is InChI=1S/C16H18ClFN2O/c1-16(2,3)20-9-11-8-13(18)10-19-15(11)21-14-6-4-12(17)5-7-14/h4-8,10,20H,9H2,1-3H3. The van der Waals surface area contributed by atoms with E-state index in [0.717, 1.165) is 6.20 Å². The van der Waals surface area contributed by atoms with Crippen molar-refractivity contribution in [1.82, 2.24) is 10.3 Å². The molecule has 1 aromatic carbocycles. The molecule has 0 atom stereocenters. The number of nitrogens with zero attached hydrogens (tertiary/aromatic N) is 1. The van der Waals surface area contributed by atoms with E-state index >= 15 is 0 Å². The molecule has 0 aliphatic carbocycles. The summed E-state index contributed by atoms with van der Waals surface area (Å²) in [5.74, 6) is 0.607. The Kier molecular flexibility index (Phi) is 4.80. The molecule has 112 valence electrons. The highest BCUT2D eigenvalue weighted by Gasteiger charge is 2.13. The Labute approximate surface area is 129 Å². The molecule has 5 heteroatoms. The summed E-state index contributed by atoms with van der Waals surface area (Å²) in [6.07, 6.45) is 1.14. The molecule has 0 saturated carbocycles. The van der Waals surface area contributed by atoms with E-state index in [1.54, 1.807) is 24.3 Å². The van der Waals surface area contributed by atoms with Crippen molar-refractivity contribution in [3.63, 3.8) is 0 Å². The molecule has 0 saturated heterocycles. The smallest absolute Gasteiger partial charge is 0.223 e. The summed E-state index contributed by atoms with van der Waals surface area (Å²) in [5.41, 5.74) is 0.587. The van der Waals surface area contributed by atoms with Gasteiger partial charge in [-0.1, -0.05) is 11.6 Å². The lowest BCUT2D eigenvalue weighted by atomic mass is 10.1. The number of nitrogens with one attached hydrogen (secondary N) is 1. The molecule has 1 aromatic heterocycles. The topological polar surface area (TPSA) is 34.2 Å². The van der Waals surface area contributed by atoms with Crippen molar-refractivity contribution in [3.05, 3.63) is 52.9 Å². The van der Waals surface area contributed by atoms with E-state index in [2.05, 4.69) is 10.3 Å². The van der Waals surface area contributed by atoms with Crippen LogP contribution in [-0.2, 0) is 6.54 Å². The van der Waals surface area contributed by atoms with Gasteiger partial charge in [0.2, 0.25) is 5.88 Å². The molecular formula is C16H18ClFN2O. The fourth-order valence-corrected chi connectivity index (χ4v) is 1.79. The van der Waals surface area contributed by atoms with Crippen molar-refractivity contribution < 1.29 is 9.13 Å². The minimum absolute atomic E-state index is 0.0795. The summed E-state index contributed by atoms with van der Waals surface area (Å²) in [5, 5.41) is 3.92. The second kappa shape index (κ2) is 6.41. The van der Waals surface area contributed by atoms with E-state index in [0.29, 0.717) is 28.8 Å². The van der Waals surface area contributed by atoms with Gasteiger partial charge < -0.3 is 10.1 Å². The molecule has 1 N–H and O–H groups in total. The van der Waals surface area contributed by atoms with Gasteiger partial charge in [-0.2, -0.15) is 0 Å². The molecule has 0 spiro atoms. The first kappa shape index (κ1) is 15.7. The van der Waals surface area contributed by atoms with E-state index < -0.39 is 0 Å². The Morgan fingerprint density at radius 3 is 2.52 bits per heavy atom. The van der Waals surface area contributed by atoms with Crippen LogP contribution < -0.4 is 10.1 Å². The lowest BCUT2D eigenvalue weighted by Gasteiger charge is -2.21. The highest BCUT2D eigenvalue weighted by atomic mass is 35.5. The van der Waals surface area contributed by atoms with Gasteiger partial charge in [0.1, 0.15) is 11.6 Å². The maximum absolute atomic E-state index is 13.4. The second-order valence-electron chi connectivity index (χ2n) is 5.78. The van der Waals surface area contributed by atoms with Crippen LogP contribution in [0, 0.1) is 5.82 Å². The highest BCUT2D eigenvalue weighted by molar-refractivity contribution is 6.30. The predicted molar refractivity (Wildman–Crippen MR) is 82.3 cm³/mol. The highest BCUT2D eigenvalue weighted by Crippen LogP contribution is 2.25. The summed E-state index contributed by atoms with van der Waals surface area (Å²) in [7, 11) is 0. The molecule has 0 aliphatic rings. The quantitative estimate of drug-likeness (QED) is 0.899. The number of benzene rings is 1. The predicted octanol–water partition coefficient (Wildman–Crippen LogP) is 4.55. The van der Waals surface area contributed by atoms with Gasteiger partial charge in [-0.3, -0.25) is 0 Å². The van der Waals surface area contributed by atoms with Gasteiger partial charge in [0.15, 0.2) is 0 Å². The summed E-state index contributed by atoms with van der Waals surface area (Å²) < 4.78 is 19.1. The van der Waals surface area contributed by atoms with Crippen molar-refractivity contribution >= 4 is 11.6 Å². The van der Waals surface area contributed by atoms with Crippen LogP contribution in [0.3, 0.4) is 0 Å². The number of ether oxygens (including phenoxy) is 1. The zero-order valence-electron chi connectivity index (χ0n) is 12.3. The van der Waals surface area contributed by atoms with Gasteiger partial charge in [-0.15, -0.1) is 0 Å². The third kappa shape index (κ3) is 4.99. The minimum atomic E-state index is -0.385. The lowest BCUT2D eigenvalue weighted by molar-refractivity contribution is 0.407. The van der Waals surface area contributed by atoms with Crippen LogP contribution in [0.25, 0.3) is 0 Å². The molecule has 21 heavy (non-hydrogen) atoms. The van der Waals surface area contributed by atoms with Crippen molar-refractivity contribution in [3.8, 4) is 11.6 Å². The third-order valence-corrected chi connectivity index (χ3v) is 2.98. The van der Waals surface area contributed by atoms with Gasteiger partial charge in [-0.05, 0) is 51.1 Å². The van der Waals surface area contributed by atoms with Crippen molar-refractivity contribution in [2.45, 2.75) is 32.9 Å². The Balaban J connectivity index is 2.20. The second-order valence-corrected chi connectivity index (χ2v) is 6.21. The minimum Gasteiger partial charge on any atom is -0.439 e. The summed E-state index contributed by atoms with van der Waals surface area (Å²) in [6.45, 7) is 6.59.